The van der Waals surface area contributed by atoms with Crippen LogP contribution in [0.5, 0.6) is 5.75 Å². The van der Waals surface area contributed by atoms with Crippen molar-refractivity contribution in [3.63, 3.8) is 0 Å². The topological polar surface area (TPSA) is 36.3 Å². The number of para-hydroxylation sites is 1. The van der Waals surface area contributed by atoms with Gasteiger partial charge in [-0.1, -0.05) is 18.2 Å². The third-order valence-corrected chi connectivity index (χ3v) is 3.39. The predicted octanol–water partition coefficient (Wildman–Crippen LogP) is 2.82. The van der Waals surface area contributed by atoms with Gasteiger partial charge in [0.2, 0.25) is 0 Å². The van der Waals surface area contributed by atoms with E-state index in [1.807, 2.05) is 32.0 Å². The Bertz CT molecular complexity index is 448. The minimum Gasteiger partial charge on any atom is -0.492 e. The van der Waals surface area contributed by atoms with Crippen molar-refractivity contribution in [2.45, 2.75) is 26.8 Å². The molecule has 3 heteroatoms. The Balaban J connectivity index is 1.98. The number of fused-ring (bicyclic) bond motifs is 1. The van der Waals surface area contributed by atoms with Crippen molar-refractivity contribution < 1.29 is 4.74 Å². The molecule has 1 aromatic carbocycles. The van der Waals surface area contributed by atoms with E-state index in [1.165, 1.54) is 5.56 Å². The Kier molecular flexibility index (Phi) is 3.88. The lowest BCUT2D eigenvalue weighted by Gasteiger charge is -2.23. The number of hydrogen-bond acceptors (Lipinski definition) is 3. The zero-order valence-electron chi connectivity index (χ0n) is 11.1. The molecule has 0 atom stereocenters. The average molecular weight is 244 g/mol. The largest absolute Gasteiger partial charge is 0.492 e. The molecule has 0 aliphatic carbocycles. The zero-order chi connectivity index (χ0) is 13.0. The van der Waals surface area contributed by atoms with Crippen LogP contribution in [0, 0.1) is 16.7 Å². The molecule has 3 nitrogen and oxygen atoms in total. The minimum absolute atomic E-state index is 0.243. The van der Waals surface area contributed by atoms with Gasteiger partial charge in [-0.15, -0.1) is 0 Å². The first-order valence-corrected chi connectivity index (χ1v) is 6.45. The lowest BCUT2D eigenvalue weighted by molar-refractivity contribution is 0.207. The quantitative estimate of drug-likeness (QED) is 0.820. The second-order valence-corrected chi connectivity index (χ2v) is 5.48. The highest BCUT2D eigenvalue weighted by Crippen LogP contribution is 2.24. The van der Waals surface area contributed by atoms with E-state index >= 15 is 0 Å². The summed E-state index contributed by atoms with van der Waals surface area (Å²) in [6, 6.07) is 10.6. The number of rotatable bonds is 3. The first kappa shape index (κ1) is 12.9. The molecule has 1 aliphatic rings. The van der Waals surface area contributed by atoms with Crippen molar-refractivity contribution in [2.24, 2.45) is 5.41 Å². The minimum atomic E-state index is -0.243. The highest BCUT2D eigenvalue weighted by atomic mass is 16.5. The van der Waals surface area contributed by atoms with Gasteiger partial charge >= 0.3 is 0 Å². The van der Waals surface area contributed by atoms with Gasteiger partial charge in [-0.3, -0.25) is 4.90 Å². The normalized spacial score (nSPS) is 16.3. The van der Waals surface area contributed by atoms with Crippen molar-refractivity contribution in [1.29, 1.82) is 5.26 Å². The fraction of sp³-hybridized carbons (Fsp3) is 0.533. The molecule has 0 amide bonds. The van der Waals surface area contributed by atoms with Gasteiger partial charge in [0, 0.05) is 25.2 Å². The maximum Gasteiger partial charge on any atom is 0.123 e. The van der Waals surface area contributed by atoms with Crippen LogP contribution < -0.4 is 4.74 Å². The lowest BCUT2D eigenvalue weighted by atomic mass is 9.91. The van der Waals surface area contributed by atoms with Gasteiger partial charge in [0.15, 0.2) is 0 Å². The summed E-state index contributed by atoms with van der Waals surface area (Å²) < 4.78 is 5.73. The molecule has 0 spiro atoms. The number of nitriles is 1. The van der Waals surface area contributed by atoms with Gasteiger partial charge < -0.3 is 4.74 Å². The standard InChI is InChI=1S/C15H20N2O/c1-15(2,12-16)7-8-17-9-10-18-14-6-4-3-5-13(14)11-17/h3-6H,7-11H2,1-2H3. The molecule has 96 valence electrons. The molecular formula is C15H20N2O. The van der Waals surface area contributed by atoms with Crippen LogP contribution >= 0.6 is 0 Å². The Morgan fingerprint density at radius 2 is 2.17 bits per heavy atom. The summed E-state index contributed by atoms with van der Waals surface area (Å²) in [6.45, 7) is 7.50. The van der Waals surface area contributed by atoms with Crippen molar-refractivity contribution >= 4 is 0 Å². The van der Waals surface area contributed by atoms with E-state index in [2.05, 4.69) is 17.0 Å². The smallest absolute Gasteiger partial charge is 0.123 e. The summed E-state index contributed by atoms with van der Waals surface area (Å²) in [5.41, 5.74) is 0.997. The second kappa shape index (κ2) is 5.41. The number of hydrogen-bond donors (Lipinski definition) is 0. The van der Waals surface area contributed by atoms with Gasteiger partial charge in [0.25, 0.3) is 0 Å². The first-order chi connectivity index (χ1) is 8.61. The number of benzene rings is 1. The molecule has 0 bridgehead atoms. The van der Waals surface area contributed by atoms with E-state index < -0.39 is 0 Å². The molecule has 1 heterocycles. The average Bonchev–Trinajstić information content (AvgIpc) is 2.58. The Morgan fingerprint density at radius 1 is 1.39 bits per heavy atom. The molecule has 1 aromatic rings. The summed E-state index contributed by atoms with van der Waals surface area (Å²) in [5.74, 6) is 1.000. The van der Waals surface area contributed by atoms with E-state index in [1.54, 1.807) is 0 Å². The Hall–Kier alpha value is -1.53. The van der Waals surface area contributed by atoms with Crippen molar-refractivity contribution in [1.82, 2.24) is 4.90 Å². The summed E-state index contributed by atoms with van der Waals surface area (Å²) in [4.78, 5) is 2.37. The summed E-state index contributed by atoms with van der Waals surface area (Å²) in [7, 11) is 0. The van der Waals surface area contributed by atoms with Crippen molar-refractivity contribution in [3.8, 4) is 11.8 Å². The van der Waals surface area contributed by atoms with Crippen LogP contribution in [-0.2, 0) is 6.54 Å². The summed E-state index contributed by atoms with van der Waals surface area (Å²) in [6.07, 6.45) is 0.895. The van der Waals surface area contributed by atoms with Gasteiger partial charge in [-0.25, -0.2) is 0 Å². The van der Waals surface area contributed by atoms with Crippen LogP contribution in [0.15, 0.2) is 24.3 Å². The maximum absolute atomic E-state index is 9.04. The van der Waals surface area contributed by atoms with E-state index in [9.17, 15) is 0 Å². The van der Waals surface area contributed by atoms with Gasteiger partial charge in [0.1, 0.15) is 12.4 Å². The Morgan fingerprint density at radius 3 is 2.94 bits per heavy atom. The third-order valence-electron chi connectivity index (χ3n) is 3.39. The highest BCUT2D eigenvalue weighted by Gasteiger charge is 2.20. The first-order valence-electron chi connectivity index (χ1n) is 6.45. The van der Waals surface area contributed by atoms with Crippen LogP contribution in [0.4, 0.5) is 0 Å². The van der Waals surface area contributed by atoms with Gasteiger partial charge in [0.05, 0.1) is 11.5 Å². The lowest BCUT2D eigenvalue weighted by Crippen LogP contribution is -2.29. The van der Waals surface area contributed by atoms with Crippen LogP contribution in [0.3, 0.4) is 0 Å². The van der Waals surface area contributed by atoms with Crippen LogP contribution in [0.25, 0.3) is 0 Å². The fourth-order valence-corrected chi connectivity index (χ4v) is 2.06. The molecule has 0 N–H and O–H groups in total. The van der Waals surface area contributed by atoms with Crippen LogP contribution in [0.1, 0.15) is 25.8 Å². The molecule has 0 radical (unpaired) electrons. The van der Waals surface area contributed by atoms with E-state index in [4.69, 9.17) is 10.00 Å². The predicted molar refractivity (Wildman–Crippen MR) is 71.2 cm³/mol. The molecule has 0 fully saturated rings. The molecule has 18 heavy (non-hydrogen) atoms. The molecular weight excluding hydrogens is 224 g/mol. The summed E-state index contributed by atoms with van der Waals surface area (Å²) in [5, 5.41) is 9.04. The zero-order valence-corrected chi connectivity index (χ0v) is 11.1. The SMILES string of the molecule is CC(C)(C#N)CCN1CCOc2ccccc2C1. The van der Waals surface area contributed by atoms with E-state index in [-0.39, 0.29) is 5.41 Å². The van der Waals surface area contributed by atoms with E-state index in [0.29, 0.717) is 0 Å². The molecule has 0 saturated heterocycles. The molecule has 0 aromatic heterocycles. The third kappa shape index (κ3) is 3.24. The number of nitrogens with zero attached hydrogens (tertiary/aromatic N) is 2. The monoisotopic (exact) mass is 244 g/mol. The summed E-state index contributed by atoms with van der Waals surface area (Å²) >= 11 is 0. The van der Waals surface area contributed by atoms with Crippen LogP contribution in [-0.4, -0.2) is 24.6 Å². The van der Waals surface area contributed by atoms with Gasteiger partial charge in [-0.2, -0.15) is 5.26 Å². The maximum atomic E-state index is 9.04. The van der Waals surface area contributed by atoms with Crippen molar-refractivity contribution in [3.05, 3.63) is 29.8 Å². The molecule has 1 aliphatic heterocycles. The molecule has 0 saturated carbocycles. The van der Waals surface area contributed by atoms with Crippen LogP contribution in [0.2, 0.25) is 0 Å². The number of ether oxygens (including phenoxy) is 1. The fourth-order valence-electron chi connectivity index (χ4n) is 2.06. The Labute approximate surface area is 109 Å². The van der Waals surface area contributed by atoms with Crippen molar-refractivity contribution in [2.75, 3.05) is 19.7 Å². The molecule has 0 unspecified atom stereocenters. The highest BCUT2D eigenvalue weighted by molar-refractivity contribution is 5.33. The van der Waals surface area contributed by atoms with Gasteiger partial charge in [-0.05, 0) is 26.3 Å². The van der Waals surface area contributed by atoms with E-state index in [0.717, 1.165) is 38.4 Å². The molecule has 2 rings (SSSR count). The second-order valence-electron chi connectivity index (χ2n) is 5.48.